The highest BCUT2D eigenvalue weighted by Gasteiger charge is 2.35. The maximum absolute atomic E-state index is 12.4. The predicted octanol–water partition coefficient (Wildman–Crippen LogP) is 1.76. The molecule has 0 spiro atoms. The maximum atomic E-state index is 12.4. The molecule has 3 rings (SSSR count). The molecule has 24 heavy (non-hydrogen) atoms. The van der Waals surface area contributed by atoms with E-state index in [-0.39, 0.29) is 6.54 Å². The van der Waals surface area contributed by atoms with E-state index in [9.17, 15) is 14.9 Å². The first-order valence-corrected chi connectivity index (χ1v) is 7.89. The lowest BCUT2D eigenvalue weighted by Gasteiger charge is -2.22. The molecule has 1 heterocycles. The summed E-state index contributed by atoms with van der Waals surface area (Å²) >= 11 is 0. The van der Waals surface area contributed by atoms with Crippen molar-refractivity contribution in [1.29, 1.82) is 5.26 Å². The fraction of sp³-hybridized carbons (Fsp3) is 0.412. The van der Waals surface area contributed by atoms with Crippen molar-refractivity contribution in [3.8, 4) is 17.5 Å². The number of rotatable bonds is 4. The van der Waals surface area contributed by atoms with Crippen molar-refractivity contribution in [2.75, 3.05) is 0 Å². The Morgan fingerprint density at radius 3 is 2.79 bits per heavy atom. The van der Waals surface area contributed by atoms with E-state index < -0.39 is 17.2 Å². The first-order valence-electron chi connectivity index (χ1n) is 7.89. The van der Waals surface area contributed by atoms with Gasteiger partial charge in [-0.1, -0.05) is 29.4 Å². The molecule has 0 bridgehead atoms. The smallest absolute Gasteiger partial charge is 0.336 e. The number of carbonyl (C=O) groups excluding carboxylic acids is 1. The van der Waals surface area contributed by atoms with Crippen LogP contribution in [0.4, 0.5) is 0 Å². The van der Waals surface area contributed by atoms with E-state index in [1.165, 1.54) is 4.57 Å². The van der Waals surface area contributed by atoms with Gasteiger partial charge in [0.15, 0.2) is 5.82 Å². The van der Waals surface area contributed by atoms with E-state index in [0.29, 0.717) is 18.7 Å². The zero-order chi connectivity index (χ0) is 17.2. The molecule has 7 nitrogen and oxygen atoms in total. The van der Waals surface area contributed by atoms with Crippen LogP contribution in [-0.4, -0.2) is 21.2 Å². The van der Waals surface area contributed by atoms with Crippen molar-refractivity contribution in [2.24, 2.45) is 0 Å². The fourth-order valence-electron chi connectivity index (χ4n) is 3.12. The molecular weight excluding hydrogens is 308 g/mol. The molecule has 1 aromatic carbocycles. The van der Waals surface area contributed by atoms with Crippen LogP contribution in [0.3, 0.4) is 0 Å². The number of nitrogens with zero attached hydrogens (tertiary/aromatic N) is 3. The first-order chi connectivity index (χ1) is 11.5. The Bertz CT molecular complexity index is 853. The number of nitriles is 1. The SMILES string of the molecule is Cc1ccccc1-c1noc(=O)n1CC(=O)NC1(C#N)CCCC1. The molecule has 2 aromatic rings. The topological polar surface area (TPSA) is 101 Å². The standard InChI is InChI=1S/C17H18N4O3/c1-12-6-2-3-7-13(12)15-20-24-16(23)21(15)10-14(22)19-17(11-18)8-4-5-9-17/h2-3,6-7H,4-5,8-10H2,1H3,(H,19,22). The largest absolute Gasteiger partial charge is 0.442 e. The molecule has 0 aliphatic heterocycles. The number of hydrogen-bond acceptors (Lipinski definition) is 5. The highest BCUT2D eigenvalue weighted by atomic mass is 16.5. The van der Waals surface area contributed by atoms with Crippen molar-refractivity contribution in [1.82, 2.24) is 15.0 Å². The molecule has 7 heteroatoms. The Kier molecular flexibility index (Phi) is 4.21. The molecule has 0 unspecified atom stereocenters. The fourth-order valence-corrected chi connectivity index (χ4v) is 3.12. The van der Waals surface area contributed by atoms with Gasteiger partial charge in [-0.05, 0) is 38.2 Å². The minimum Gasteiger partial charge on any atom is -0.336 e. The monoisotopic (exact) mass is 326 g/mol. The van der Waals surface area contributed by atoms with Gasteiger partial charge in [0.1, 0.15) is 12.1 Å². The molecule has 1 amide bonds. The molecule has 1 aliphatic carbocycles. The summed E-state index contributed by atoms with van der Waals surface area (Å²) in [6.45, 7) is 1.66. The van der Waals surface area contributed by atoms with Crippen molar-refractivity contribution in [2.45, 2.75) is 44.7 Å². The van der Waals surface area contributed by atoms with Gasteiger partial charge in [-0.25, -0.2) is 9.36 Å². The molecule has 1 fully saturated rings. The van der Waals surface area contributed by atoms with Crippen LogP contribution in [0, 0.1) is 18.3 Å². The average Bonchev–Trinajstić information content (AvgIpc) is 3.17. The van der Waals surface area contributed by atoms with Gasteiger partial charge < -0.3 is 5.32 Å². The molecule has 0 radical (unpaired) electrons. The quantitative estimate of drug-likeness (QED) is 0.922. The number of amides is 1. The van der Waals surface area contributed by atoms with Gasteiger partial charge in [0.2, 0.25) is 5.91 Å². The van der Waals surface area contributed by atoms with Crippen molar-refractivity contribution >= 4 is 5.91 Å². The maximum Gasteiger partial charge on any atom is 0.442 e. The normalized spacial score (nSPS) is 15.8. The summed E-state index contributed by atoms with van der Waals surface area (Å²) in [5.74, 6) is -0.773. The first kappa shape index (κ1) is 16.0. The Morgan fingerprint density at radius 1 is 1.42 bits per heavy atom. The number of nitrogens with one attached hydrogen (secondary N) is 1. The number of hydrogen-bond donors (Lipinski definition) is 1. The number of carbonyl (C=O) groups is 1. The Labute approximate surface area is 138 Å². The molecular formula is C17H18N4O3. The summed E-state index contributed by atoms with van der Waals surface area (Å²) in [5, 5.41) is 15.9. The van der Waals surface area contributed by atoms with Crippen LogP contribution < -0.4 is 11.1 Å². The Hall–Kier alpha value is -2.88. The van der Waals surface area contributed by atoms with Crippen LogP contribution in [0.15, 0.2) is 33.6 Å². The molecule has 1 aromatic heterocycles. The van der Waals surface area contributed by atoms with E-state index in [1.54, 1.807) is 0 Å². The zero-order valence-electron chi connectivity index (χ0n) is 13.4. The van der Waals surface area contributed by atoms with Crippen LogP contribution >= 0.6 is 0 Å². The highest BCUT2D eigenvalue weighted by molar-refractivity contribution is 5.78. The molecule has 124 valence electrons. The van der Waals surface area contributed by atoms with Gasteiger partial charge in [0, 0.05) is 5.56 Å². The summed E-state index contributed by atoms with van der Waals surface area (Å²) in [6, 6.07) is 9.61. The summed E-state index contributed by atoms with van der Waals surface area (Å²) in [6.07, 6.45) is 3.10. The highest BCUT2D eigenvalue weighted by Crippen LogP contribution is 2.29. The number of aromatic nitrogens is 2. The second kappa shape index (κ2) is 6.32. The lowest BCUT2D eigenvalue weighted by molar-refractivity contribution is -0.123. The van der Waals surface area contributed by atoms with Crippen LogP contribution in [0.5, 0.6) is 0 Å². The third-order valence-electron chi connectivity index (χ3n) is 4.42. The van der Waals surface area contributed by atoms with E-state index in [1.807, 2.05) is 31.2 Å². The minimum absolute atomic E-state index is 0.227. The molecule has 1 aliphatic rings. The summed E-state index contributed by atoms with van der Waals surface area (Å²) in [5.41, 5.74) is 0.831. The second-order valence-electron chi connectivity index (χ2n) is 6.12. The average molecular weight is 326 g/mol. The summed E-state index contributed by atoms with van der Waals surface area (Å²) in [4.78, 5) is 24.3. The zero-order valence-corrected chi connectivity index (χ0v) is 13.4. The van der Waals surface area contributed by atoms with Gasteiger partial charge in [0.05, 0.1) is 6.07 Å². The van der Waals surface area contributed by atoms with Crippen LogP contribution in [0.1, 0.15) is 31.2 Å². The van der Waals surface area contributed by atoms with E-state index in [4.69, 9.17) is 4.52 Å². The lowest BCUT2D eigenvalue weighted by atomic mass is 10.00. The number of benzene rings is 1. The van der Waals surface area contributed by atoms with Crippen molar-refractivity contribution in [3.63, 3.8) is 0 Å². The second-order valence-corrected chi connectivity index (χ2v) is 6.12. The van der Waals surface area contributed by atoms with E-state index in [0.717, 1.165) is 24.0 Å². The van der Waals surface area contributed by atoms with Gasteiger partial charge >= 0.3 is 5.76 Å². The Balaban J connectivity index is 1.85. The number of aryl methyl sites for hydroxylation is 1. The molecule has 0 saturated heterocycles. The summed E-state index contributed by atoms with van der Waals surface area (Å²) in [7, 11) is 0. The van der Waals surface area contributed by atoms with Crippen LogP contribution in [0.25, 0.3) is 11.4 Å². The van der Waals surface area contributed by atoms with Gasteiger partial charge in [-0.3, -0.25) is 9.32 Å². The van der Waals surface area contributed by atoms with E-state index in [2.05, 4.69) is 16.5 Å². The lowest BCUT2D eigenvalue weighted by Crippen LogP contribution is -2.47. The van der Waals surface area contributed by atoms with Crippen LogP contribution in [-0.2, 0) is 11.3 Å². The third-order valence-corrected chi connectivity index (χ3v) is 4.42. The molecule has 1 saturated carbocycles. The third kappa shape index (κ3) is 2.95. The summed E-state index contributed by atoms with van der Waals surface area (Å²) < 4.78 is 5.93. The van der Waals surface area contributed by atoms with Crippen molar-refractivity contribution < 1.29 is 9.32 Å². The minimum atomic E-state index is -0.819. The van der Waals surface area contributed by atoms with Gasteiger partial charge in [0.25, 0.3) is 0 Å². The predicted molar refractivity (Wildman–Crippen MR) is 85.9 cm³/mol. The molecule has 1 N–H and O–H groups in total. The van der Waals surface area contributed by atoms with Gasteiger partial charge in [-0.15, -0.1) is 0 Å². The van der Waals surface area contributed by atoms with E-state index >= 15 is 0 Å². The van der Waals surface area contributed by atoms with Gasteiger partial charge in [-0.2, -0.15) is 5.26 Å². The molecule has 0 atom stereocenters. The van der Waals surface area contributed by atoms with Crippen LogP contribution in [0.2, 0.25) is 0 Å². The van der Waals surface area contributed by atoms with Crippen molar-refractivity contribution in [3.05, 3.63) is 40.4 Å². The Morgan fingerprint density at radius 2 is 2.12 bits per heavy atom.